The number of hydrogen-bond donors (Lipinski definition) is 0. The quantitative estimate of drug-likeness (QED) is 0.264. The van der Waals surface area contributed by atoms with Crippen LogP contribution >= 0.6 is 0 Å². The lowest BCUT2D eigenvalue weighted by Crippen LogP contribution is -2.44. The maximum absolute atomic E-state index is 12.8. The fraction of sp³-hybridized carbons (Fsp3) is 0.400. The van der Waals surface area contributed by atoms with Gasteiger partial charge >= 0.3 is 11.9 Å². The summed E-state index contributed by atoms with van der Waals surface area (Å²) in [6, 6.07) is 7.66. The molecule has 2 aromatic rings. The lowest BCUT2D eigenvalue weighted by atomic mass is 9.76. The van der Waals surface area contributed by atoms with Gasteiger partial charge in [0.05, 0.1) is 18.1 Å². The highest BCUT2D eigenvalue weighted by molar-refractivity contribution is 6.08. The number of fused-ring (bicyclic) bond motifs is 1. The molecule has 1 saturated carbocycles. The van der Waals surface area contributed by atoms with Gasteiger partial charge in [0, 0.05) is 5.56 Å². The van der Waals surface area contributed by atoms with Crippen LogP contribution in [0.4, 0.5) is 0 Å². The van der Waals surface area contributed by atoms with E-state index in [9.17, 15) is 24.0 Å². The molecule has 1 aromatic carbocycles. The lowest BCUT2D eigenvalue weighted by Gasteiger charge is -2.25. The third kappa shape index (κ3) is 4.64. The van der Waals surface area contributed by atoms with E-state index >= 15 is 0 Å². The molecule has 4 rings (SSSR count). The molecule has 2 heterocycles. The van der Waals surface area contributed by atoms with E-state index in [1.54, 1.807) is 6.07 Å². The maximum Gasteiger partial charge on any atom is 0.379 e. The van der Waals surface area contributed by atoms with Crippen molar-refractivity contribution in [1.82, 2.24) is 4.90 Å². The van der Waals surface area contributed by atoms with E-state index in [1.165, 1.54) is 43.5 Å². The van der Waals surface area contributed by atoms with E-state index in [0.29, 0.717) is 18.8 Å². The molecule has 4 unspecified atom stereocenters. The topological polar surface area (TPSA) is 120 Å². The number of esters is 2. The summed E-state index contributed by atoms with van der Waals surface area (Å²) >= 11 is 0. The molecule has 9 nitrogen and oxygen atoms in total. The van der Waals surface area contributed by atoms with Crippen LogP contribution in [0.25, 0.3) is 0 Å². The van der Waals surface area contributed by atoms with Crippen molar-refractivity contribution < 1.29 is 37.9 Å². The zero-order valence-electron chi connectivity index (χ0n) is 18.9. The summed E-state index contributed by atoms with van der Waals surface area (Å²) in [5.74, 6) is -2.78. The van der Waals surface area contributed by atoms with Crippen LogP contribution in [0.3, 0.4) is 0 Å². The summed E-state index contributed by atoms with van der Waals surface area (Å²) < 4.78 is 15.2. The predicted octanol–water partition coefficient (Wildman–Crippen LogP) is 3.03. The predicted molar refractivity (Wildman–Crippen MR) is 117 cm³/mol. The second-order valence-corrected chi connectivity index (χ2v) is 8.78. The minimum Gasteiger partial charge on any atom is -0.457 e. The van der Waals surface area contributed by atoms with Crippen molar-refractivity contribution in [3.8, 4) is 5.75 Å². The Morgan fingerprint density at radius 3 is 2.44 bits per heavy atom. The second-order valence-electron chi connectivity index (χ2n) is 8.78. The Balaban J connectivity index is 1.31. The van der Waals surface area contributed by atoms with Gasteiger partial charge < -0.3 is 13.9 Å². The van der Waals surface area contributed by atoms with Crippen LogP contribution in [0, 0.1) is 17.8 Å². The van der Waals surface area contributed by atoms with E-state index in [0.717, 1.165) is 11.3 Å². The molecule has 1 aliphatic heterocycles. The van der Waals surface area contributed by atoms with Crippen LogP contribution < -0.4 is 4.74 Å². The summed E-state index contributed by atoms with van der Waals surface area (Å²) in [5.41, 5.74) is 0.242. The van der Waals surface area contributed by atoms with Crippen molar-refractivity contribution in [2.24, 2.45) is 17.8 Å². The maximum atomic E-state index is 12.8. The van der Waals surface area contributed by atoms with E-state index in [4.69, 9.17) is 13.9 Å². The Labute approximate surface area is 196 Å². The summed E-state index contributed by atoms with van der Waals surface area (Å²) in [7, 11) is 0. The molecule has 0 spiro atoms. The highest BCUT2D eigenvalue weighted by Crippen LogP contribution is 2.41. The van der Waals surface area contributed by atoms with Gasteiger partial charge in [0.1, 0.15) is 11.8 Å². The van der Waals surface area contributed by atoms with Crippen LogP contribution in [0.5, 0.6) is 5.75 Å². The number of nitrogens with zero attached hydrogens (tertiary/aromatic N) is 1. The van der Waals surface area contributed by atoms with Gasteiger partial charge in [0.2, 0.25) is 17.6 Å². The Morgan fingerprint density at radius 2 is 1.76 bits per heavy atom. The average molecular weight is 467 g/mol. The summed E-state index contributed by atoms with van der Waals surface area (Å²) in [5, 5.41) is 0. The molecule has 4 atom stereocenters. The molecule has 9 heteroatoms. The largest absolute Gasteiger partial charge is 0.457 e. The first-order valence-corrected chi connectivity index (χ1v) is 11.2. The molecule has 2 aliphatic rings. The van der Waals surface area contributed by atoms with Gasteiger partial charge in [-0.25, -0.2) is 9.59 Å². The number of rotatable bonds is 7. The average Bonchev–Trinajstić information content (AvgIpc) is 3.45. The van der Waals surface area contributed by atoms with Crippen molar-refractivity contribution in [1.29, 1.82) is 0 Å². The number of hydrogen-bond acceptors (Lipinski definition) is 8. The molecule has 2 fully saturated rings. The summed E-state index contributed by atoms with van der Waals surface area (Å²) in [6.45, 7) is 2.94. The number of carbonyl (C=O) groups excluding carboxylic acids is 5. The van der Waals surface area contributed by atoms with Crippen LogP contribution in [-0.2, 0) is 19.1 Å². The van der Waals surface area contributed by atoms with Crippen LogP contribution in [-0.4, -0.2) is 47.1 Å². The molecule has 178 valence electrons. The Morgan fingerprint density at radius 1 is 1.06 bits per heavy atom. The number of benzene rings is 1. The first-order chi connectivity index (χ1) is 16.3. The summed E-state index contributed by atoms with van der Waals surface area (Å²) in [4.78, 5) is 63.4. The third-order valence-corrected chi connectivity index (χ3v) is 6.40. The van der Waals surface area contributed by atoms with Gasteiger partial charge in [-0.2, -0.15) is 0 Å². The molecule has 2 amide bonds. The van der Waals surface area contributed by atoms with Crippen LogP contribution in [0.2, 0.25) is 0 Å². The van der Waals surface area contributed by atoms with Gasteiger partial charge in [-0.05, 0) is 68.5 Å². The van der Waals surface area contributed by atoms with Gasteiger partial charge in [0.25, 0.3) is 0 Å². The number of carbonyl (C=O) groups is 5. The number of furan rings is 1. The van der Waals surface area contributed by atoms with Crippen molar-refractivity contribution >= 4 is 29.5 Å². The van der Waals surface area contributed by atoms with Crippen molar-refractivity contribution in [2.75, 3.05) is 6.61 Å². The molecule has 34 heavy (non-hydrogen) atoms. The first kappa shape index (κ1) is 23.4. The smallest absolute Gasteiger partial charge is 0.379 e. The molecule has 1 aromatic heterocycles. The van der Waals surface area contributed by atoms with Gasteiger partial charge in [-0.1, -0.05) is 6.92 Å². The highest BCUT2D eigenvalue weighted by Gasteiger charge is 2.52. The Hall–Kier alpha value is -3.75. The fourth-order valence-electron chi connectivity index (χ4n) is 4.50. The van der Waals surface area contributed by atoms with Crippen LogP contribution in [0.15, 0.2) is 47.1 Å². The van der Waals surface area contributed by atoms with Crippen molar-refractivity contribution in [3.05, 3.63) is 54.0 Å². The van der Waals surface area contributed by atoms with E-state index in [-0.39, 0.29) is 40.7 Å². The Bertz CT molecular complexity index is 1100. The molecule has 1 aliphatic carbocycles. The van der Waals surface area contributed by atoms with Crippen molar-refractivity contribution in [3.63, 3.8) is 0 Å². The minimum absolute atomic E-state index is 0.0462. The van der Waals surface area contributed by atoms with E-state index in [1.807, 2.05) is 0 Å². The molecular weight excluding hydrogens is 442 g/mol. The minimum atomic E-state index is -1.10. The fourth-order valence-corrected chi connectivity index (χ4v) is 4.50. The van der Waals surface area contributed by atoms with Gasteiger partial charge in [-0.3, -0.25) is 19.3 Å². The summed E-state index contributed by atoms with van der Waals surface area (Å²) in [6.07, 6.45) is 3.50. The number of imide groups is 1. The molecular formula is C25H25NO8. The van der Waals surface area contributed by atoms with Crippen molar-refractivity contribution in [2.45, 2.75) is 39.2 Å². The molecule has 1 saturated heterocycles. The Kier molecular flexibility index (Phi) is 6.63. The monoisotopic (exact) mass is 467 g/mol. The second kappa shape index (κ2) is 9.62. The number of amides is 2. The first-order valence-electron chi connectivity index (χ1n) is 11.2. The van der Waals surface area contributed by atoms with E-state index < -0.39 is 30.4 Å². The highest BCUT2D eigenvalue weighted by atomic mass is 16.5. The zero-order valence-corrected chi connectivity index (χ0v) is 18.9. The number of ether oxygens (including phenoxy) is 2. The van der Waals surface area contributed by atoms with Gasteiger partial charge in [0.15, 0.2) is 12.4 Å². The number of ketones is 1. The third-order valence-electron chi connectivity index (χ3n) is 6.40. The lowest BCUT2D eigenvalue weighted by molar-refractivity contribution is -0.157. The molecule has 0 radical (unpaired) electrons. The standard InChI is InChI=1S/C25H25NO8/c1-14-5-10-18-19(12-14)23(29)26(22(18)28)15(2)24(30)33-13-20(27)16-6-8-17(9-7-16)34-25(31)21-4-3-11-32-21/h3-4,6-9,11,14-15,18-19H,5,10,12-13H2,1-2H3. The normalized spacial score (nSPS) is 22.8. The number of Topliss-reactive ketones (excluding diaryl/α,β-unsaturated/α-hetero) is 1. The SMILES string of the molecule is CC1CCC2C(=O)N(C(C)C(=O)OCC(=O)c3ccc(OC(=O)c4ccco4)cc3)C(=O)C2C1. The molecule has 0 N–H and O–H groups in total. The van der Waals surface area contributed by atoms with Crippen LogP contribution in [0.1, 0.15) is 54.0 Å². The molecule has 0 bridgehead atoms. The van der Waals surface area contributed by atoms with Gasteiger partial charge in [-0.15, -0.1) is 0 Å². The zero-order chi connectivity index (χ0) is 24.4. The van der Waals surface area contributed by atoms with E-state index in [2.05, 4.69) is 6.92 Å². The number of likely N-dealkylation sites (tertiary alicyclic amines) is 1.